The van der Waals surface area contributed by atoms with E-state index in [1.807, 2.05) is 43.3 Å². The van der Waals surface area contributed by atoms with Gasteiger partial charge in [0.05, 0.1) is 7.11 Å². The Morgan fingerprint density at radius 2 is 1.87 bits per heavy atom. The van der Waals surface area contributed by atoms with Gasteiger partial charge in [0.2, 0.25) is 0 Å². The van der Waals surface area contributed by atoms with Crippen LogP contribution >= 0.6 is 0 Å². The molecule has 3 atom stereocenters. The molecule has 0 aromatic heterocycles. The molecule has 1 fully saturated rings. The monoisotopic (exact) mass is 311 g/mol. The topological polar surface area (TPSA) is 58.6 Å². The van der Waals surface area contributed by atoms with Crippen molar-refractivity contribution >= 4 is 5.78 Å². The van der Waals surface area contributed by atoms with Crippen molar-refractivity contribution in [2.45, 2.75) is 25.4 Å². The summed E-state index contributed by atoms with van der Waals surface area (Å²) < 4.78 is 5.19. The first kappa shape index (κ1) is 15.6. The van der Waals surface area contributed by atoms with Gasteiger partial charge >= 0.3 is 0 Å². The third kappa shape index (κ3) is 3.08. The van der Waals surface area contributed by atoms with Gasteiger partial charge in [0.15, 0.2) is 11.5 Å². The molecule has 0 bridgehead atoms. The van der Waals surface area contributed by atoms with Crippen LogP contribution in [0.5, 0.6) is 11.5 Å². The molecule has 0 saturated carbocycles. The van der Waals surface area contributed by atoms with Crippen molar-refractivity contribution in [3.05, 3.63) is 59.7 Å². The number of carbonyl (C=O) groups excluding carboxylic acids is 1. The highest BCUT2D eigenvalue weighted by molar-refractivity contribution is 5.83. The van der Waals surface area contributed by atoms with E-state index in [0.717, 1.165) is 11.1 Å². The van der Waals surface area contributed by atoms with Gasteiger partial charge in [0.1, 0.15) is 5.78 Å². The van der Waals surface area contributed by atoms with Gasteiger partial charge in [-0.3, -0.25) is 4.79 Å². The molecule has 3 rings (SSSR count). The van der Waals surface area contributed by atoms with Crippen LogP contribution in [-0.4, -0.2) is 18.0 Å². The van der Waals surface area contributed by atoms with Gasteiger partial charge in [-0.1, -0.05) is 43.3 Å². The molecular formula is C19H21NO3. The maximum atomic E-state index is 12.5. The van der Waals surface area contributed by atoms with E-state index in [1.54, 1.807) is 12.1 Å². The molecule has 0 spiro atoms. The van der Waals surface area contributed by atoms with E-state index in [1.165, 1.54) is 7.11 Å². The number of nitrogens with one attached hydrogen (secondary N) is 1. The van der Waals surface area contributed by atoms with Gasteiger partial charge in [-0.05, 0) is 23.3 Å². The maximum Gasteiger partial charge on any atom is 0.160 e. The fourth-order valence-corrected chi connectivity index (χ4v) is 3.16. The summed E-state index contributed by atoms with van der Waals surface area (Å²) in [5.41, 5.74) is 2.06. The maximum absolute atomic E-state index is 12.5. The first-order valence-electron chi connectivity index (χ1n) is 7.80. The summed E-state index contributed by atoms with van der Waals surface area (Å²) in [7, 11) is 1.52. The van der Waals surface area contributed by atoms with E-state index in [9.17, 15) is 9.90 Å². The Labute approximate surface area is 136 Å². The van der Waals surface area contributed by atoms with Gasteiger partial charge < -0.3 is 15.2 Å². The fraction of sp³-hybridized carbons (Fsp3) is 0.316. The quantitative estimate of drug-likeness (QED) is 0.912. The minimum Gasteiger partial charge on any atom is -0.504 e. The number of ether oxygens (including phenoxy) is 1. The second-order valence-electron chi connectivity index (χ2n) is 6.00. The standard InChI is InChI=1S/C19H21NO3/c1-12-17(22)11-15(13-6-4-3-5-7-13)20-19(12)14-8-9-16(21)18(10-14)23-2/h3-10,12,15,19-21H,11H2,1-2H3. The smallest absolute Gasteiger partial charge is 0.160 e. The molecule has 23 heavy (non-hydrogen) atoms. The number of aromatic hydroxyl groups is 1. The molecule has 120 valence electrons. The van der Waals surface area contributed by atoms with Gasteiger partial charge in [-0.25, -0.2) is 0 Å². The van der Waals surface area contributed by atoms with E-state index in [2.05, 4.69) is 5.32 Å². The number of hydrogen-bond donors (Lipinski definition) is 2. The number of methoxy groups -OCH3 is 1. The molecule has 0 radical (unpaired) electrons. The second kappa shape index (κ2) is 6.42. The molecule has 2 N–H and O–H groups in total. The highest BCUT2D eigenvalue weighted by atomic mass is 16.5. The Balaban J connectivity index is 1.92. The molecule has 1 heterocycles. The molecule has 0 aliphatic carbocycles. The number of Topliss-reactive ketones (excluding diaryl/α,β-unsaturated/α-hetero) is 1. The van der Waals surface area contributed by atoms with E-state index in [4.69, 9.17) is 4.74 Å². The van der Waals surface area contributed by atoms with Crippen molar-refractivity contribution in [2.24, 2.45) is 5.92 Å². The molecule has 0 amide bonds. The summed E-state index contributed by atoms with van der Waals surface area (Å²) in [4.78, 5) is 12.5. The third-order valence-corrected chi connectivity index (χ3v) is 4.56. The van der Waals surface area contributed by atoms with E-state index >= 15 is 0 Å². The third-order valence-electron chi connectivity index (χ3n) is 4.56. The van der Waals surface area contributed by atoms with Crippen LogP contribution in [-0.2, 0) is 4.79 Å². The highest BCUT2D eigenvalue weighted by Gasteiger charge is 2.35. The zero-order valence-electron chi connectivity index (χ0n) is 13.3. The minimum absolute atomic E-state index is 0.00435. The van der Waals surface area contributed by atoms with Crippen molar-refractivity contribution in [1.29, 1.82) is 0 Å². The largest absolute Gasteiger partial charge is 0.504 e. The zero-order valence-corrected chi connectivity index (χ0v) is 13.3. The van der Waals surface area contributed by atoms with Crippen LogP contribution < -0.4 is 10.1 Å². The molecule has 4 nitrogen and oxygen atoms in total. The molecule has 3 unspecified atom stereocenters. The molecule has 1 aliphatic rings. The first-order chi connectivity index (χ1) is 11.1. The second-order valence-corrected chi connectivity index (χ2v) is 6.00. The summed E-state index contributed by atoms with van der Waals surface area (Å²) in [5, 5.41) is 13.3. The normalized spacial score (nSPS) is 24.4. The molecular weight excluding hydrogens is 290 g/mol. The van der Waals surface area contributed by atoms with E-state index in [-0.39, 0.29) is 29.5 Å². The summed E-state index contributed by atoms with van der Waals surface area (Å²) in [6, 6.07) is 15.2. The molecule has 2 aromatic carbocycles. The minimum atomic E-state index is -0.121. The summed E-state index contributed by atoms with van der Waals surface area (Å²) >= 11 is 0. The Kier molecular flexibility index (Phi) is 4.35. The Morgan fingerprint density at radius 1 is 1.13 bits per heavy atom. The average molecular weight is 311 g/mol. The molecule has 1 aliphatic heterocycles. The summed E-state index contributed by atoms with van der Waals surface area (Å²) in [6.07, 6.45) is 0.497. The van der Waals surface area contributed by atoms with E-state index in [0.29, 0.717) is 12.2 Å². The van der Waals surface area contributed by atoms with Gasteiger partial charge in [0, 0.05) is 24.4 Å². The van der Waals surface area contributed by atoms with Crippen LogP contribution in [0.2, 0.25) is 0 Å². The van der Waals surface area contributed by atoms with Crippen molar-refractivity contribution in [3.63, 3.8) is 0 Å². The lowest BCUT2D eigenvalue weighted by Crippen LogP contribution is -2.41. The van der Waals surface area contributed by atoms with Crippen molar-refractivity contribution in [3.8, 4) is 11.5 Å². The number of ketones is 1. The van der Waals surface area contributed by atoms with Gasteiger partial charge in [0.25, 0.3) is 0 Å². The zero-order chi connectivity index (χ0) is 16.4. The Bertz CT molecular complexity index is 699. The SMILES string of the molecule is COc1cc(C2NC(c3ccccc3)CC(=O)C2C)ccc1O. The molecule has 2 aromatic rings. The van der Waals surface area contributed by atoms with Gasteiger partial charge in [-0.2, -0.15) is 0 Å². The average Bonchev–Trinajstić information content (AvgIpc) is 2.58. The van der Waals surface area contributed by atoms with Crippen LogP contribution in [0, 0.1) is 5.92 Å². The van der Waals surface area contributed by atoms with Crippen LogP contribution in [0.15, 0.2) is 48.5 Å². The lowest BCUT2D eigenvalue weighted by molar-refractivity contribution is -0.126. The number of phenols is 1. The van der Waals surface area contributed by atoms with Gasteiger partial charge in [-0.15, -0.1) is 0 Å². The Hall–Kier alpha value is -2.33. The van der Waals surface area contributed by atoms with Crippen molar-refractivity contribution in [2.75, 3.05) is 7.11 Å². The summed E-state index contributed by atoms with van der Waals surface area (Å²) in [5.74, 6) is 0.648. The van der Waals surface area contributed by atoms with Crippen molar-refractivity contribution < 1.29 is 14.6 Å². The number of phenolic OH excluding ortho intramolecular Hbond substituents is 1. The molecule has 4 heteroatoms. The number of rotatable bonds is 3. The number of carbonyl (C=O) groups is 1. The van der Waals surface area contributed by atoms with Crippen LogP contribution in [0.25, 0.3) is 0 Å². The van der Waals surface area contributed by atoms with Crippen LogP contribution in [0.4, 0.5) is 0 Å². The number of piperidine rings is 1. The summed E-state index contributed by atoms with van der Waals surface area (Å²) in [6.45, 7) is 1.94. The lowest BCUT2D eigenvalue weighted by Gasteiger charge is -2.35. The fourth-order valence-electron chi connectivity index (χ4n) is 3.16. The molecule has 1 saturated heterocycles. The first-order valence-corrected chi connectivity index (χ1v) is 7.80. The lowest BCUT2D eigenvalue weighted by atomic mass is 9.82. The highest BCUT2D eigenvalue weighted by Crippen LogP contribution is 2.37. The number of benzene rings is 2. The Morgan fingerprint density at radius 3 is 2.57 bits per heavy atom. The predicted octanol–water partition coefficient (Wildman–Crippen LogP) is 3.38. The van der Waals surface area contributed by atoms with Crippen molar-refractivity contribution in [1.82, 2.24) is 5.32 Å². The number of hydrogen-bond acceptors (Lipinski definition) is 4. The van der Waals surface area contributed by atoms with E-state index < -0.39 is 0 Å². The van der Waals surface area contributed by atoms with Crippen LogP contribution in [0.1, 0.15) is 36.6 Å². The van der Waals surface area contributed by atoms with Crippen LogP contribution in [0.3, 0.4) is 0 Å². The predicted molar refractivity (Wildman–Crippen MR) is 88.5 cm³/mol.